The lowest BCUT2D eigenvalue weighted by Crippen LogP contribution is -2.17. The van der Waals surface area contributed by atoms with Gasteiger partial charge in [0.2, 0.25) is 0 Å². The SMILES string of the molecule is Cc1ccc(NC(=O)CO/N=C\c2ccccc2C)c(C)c1. The number of amides is 1. The van der Waals surface area contributed by atoms with Gasteiger partial charge in [0, 0.05) is 5.69 Å². The van der Waals surface area contributed by atoms with Crippen molar-refractivity contribution in [3.8, 4) is 0 Å². The highest BCUT2D eigenvalue weighted by atomic mass is 16.6. The summed E-state index contributed by atoms with van der Waals surface area (Å²) in [6.07, 6.45) is 1.61. The number of carbonyl (C=O) groups excluding carboxylic acids is 1. The fourth-order valence-electron chi connectivity index (χ4n) is 2.06. The first kappa shape index (κ1) is 15.8. The van der Waals surface area contributed by atoms with Gasteiger partial charge in [0.15, 0.2) is 6.61 Å². The van der Waals surface area contributed by atoms with E-state index in [1.165, 1.54) is 0 Å². The van der Waals surface area contributed by atoms with Crippen molar-refractivity contribution in [2.24, 2.45) is 5.16 Å². The summed E-state index contributed by atoms with van der Waals surface area (Å²) in [5, 5.41) is 6.64. The summed E-state index contributed by atoms with van der Waals surface area (Å²) in [6.45, 7) is 5.85. The lowest BCUT2D eigenvalue weighted by molar-refractivity contribution is -0.120. The zero-order valence-corrected chi connectivity index (χ0v) is 13.1. The van der Waals surface area contributed by atoms with Crippen molar-refractivity contribution in [3.05, 3.63) is 64.7 Å². The molecule has 114 valence electrons. The largest absolute Gasteiger partial charge is 0.386 e. The minimum Gasteiger partial charge on any atom is -0.386 e. The maximum Gasteiger partial charge on any atom is 0.265 e. The van der Waals surface area contributed by atoms with Crippen molar-refractivity contribution in [2.75, 3.05) is 11.9 Å². The van der Waals surface area contributed by atoms with E-state index in [9.17, 15) is 4.79 Å². The van der Waals surface area contributed by atoms with Crippen molar-refractivity contribution in [1.82, 2.24) is 0 Å². The van der Waals surface area contributed by atoms with Crippen molar-refractivity contribution in [1.29, 1.82) is 0 Å². The average Bonchev–Trinajstić information content (AvgIpc) is 2.48. The third-order valence-electron chi connectivity index (χ3n) is 3.31. The zero-order chi connectivity index (χ0) is 15.9. The quantitative estimate of drug-likeness (QED) is 0.677. The molecular formula is C18H20N2O2. The van der Waals surface area contributed by atoms with Crippen LogP contribution >= 0.6 is 0 Å². The molecule has 0 aromatic heterocycles. The second-order valence-corrected chi connectivity index (χ2v) is 5.23. The summed E-state index contributed by atoms with van der Waals surface area (Å²) < 4.78 is 0. The highest BCUT2D eigenvalue weighted by molar-refractivity contribution is 5.92. The highest BCUT2D eigenvalue weighted by Gasteiger charge is 2.05. The Hall–Kier alpha value is -2.62. The average molecular weight is 296 g/mol. The molecule has 0 saturated carbocycles. The molecule has 0 atom stereocenters. The van der Waals surface area contributed by atoms with Crippen LogP contribution in [0.2, 0.25) is 0 Å². The Balaban J connectivity index is 1.84. The van der Waals surface area contributed by atoms with Gasteiger partial charge in [0.25, 0.3) is 5.91 Å². The molecule has 2 rings (SSSR count). The first-order valence-corrected chi connectivity index (χ1v) is 7.14. The van der Waals surface area contributed by atoms with E-state index in [1.54, 1.807) is 6.21 Å². The Morgan fingerprint density at radius 1 is 1.14 bits per heavy atom. The van der Waals surface area contributed by atoms with E-state index in [4.69, 9.17) is 4.84 Å². The molecular weight excluding hydrogens is 276 g/mol. The fraction of sp³-hybridized carbons (Fsp3) is 0.222. The topological polar surface area (TPSA) is 50.7 Å². The van der Waals surface area contributed by atoms with Gasteiger partial charge in [0.1, 0.15) is 0 Å². The van der Waals surface area contributed by atoms with Crippen LogP contribution in [0.3, 0.4) is 0 Å². The summed E-state index contributed by atoms with van der Waals surface area (Å²) in [5.41, 5.74) is 5.06. The Labute approximate surface area is 130 Å². The van der Waals surface area contributed by atoms with E-state index in [2.05, 4.69) is 10.5 Å². The van der Waals surface area contributed by atoms with E-state index >= 15 is 0 Å². The Bertz CT molecular complexity index is 693. The van der Waals surface area contributed by atoms with E-state index in [0.717, 1.165) is 27.9 Å². The molecule has 0 spiro atoms. The number of hydrogen-bond donors (Lipinski definition) is 1. The van der Waals surface area contributed by atoms with E-state index in [1.807, 2.05) is 63.2 Å². The van der Waals surface area contributed by atoms with Gasteiger partial charge >= 0.3 is 0 Å². The normalized spacial score (nSPS) is 10.7. The van der Waals surface area contributed by atoms with Gasteiger partial charge in [-0.15, -0.1) is 0 Å². The predicted octanol–water partition coefficient (Wildman–Crippen LogP) is 3.60. The van der Waals surface area contributed by atoms with Crippen LogP contribution in [0.25, 0.3) is 0 Å². The number of nitrogens with zero attached hydrogens (tertiary/aromatic N) is 1. The standard InChI is InChI=1S/C18H20N2O2/c1-13-8-9-17(15(3)10-13)20-18(21)12-22-19-11-16-7-5-4-6-14(16)2/h4-11H,12H2,1-3H3,(H,20,21)/b19-11-. The number of anilines is 1. The molecule has 0 aliphatic heterocycles. The number of rotatable bonds is 5. The number of carbonyl (C=O) groups is 1. The van der Waals surface area contributed by atoms with Gasteiger partial charge < -0.3 is 10.2 Å². The van der Waals surface area contributed by atoms with E-state index < -0.39 is 0 Å². The van der Waals surface area contributed by atoms with Crippen LogP contribution < -0.4 is 5.32 Å². The summed E-state index contributed by atoms with van der Waals surface area (Å²) >= 11 is 0. The molecule has 0 saturated heterocycles. The minimum absolute atomic E-state index is 0.115. The van der Waals surface area contributed by atoms with E-state index in [-0.39, 0.29) is 12.5 Å². The lowest BCUT2D eigenvalue weighted by atomic mass is 10.1. The summed E-state index contributed by atoms with van der Waals surface area (Å²) in [4.78, 5) is 16.9. The zero-order valence-electron chi connectivity index (χ0n) is 13.1. The molecule has 2 aromatic rings. The molecule has 0 bridgehead atoms. The first-order valence-electron chi connectivity index (χ1n) is 7.14. The molecule has 0 radical (unpaired) electrons. The van der Waals surface area contributed by atoms with Gasteiger partial charge in [-0.05, 0) is 43.5 Å². The third-order valence-corrected chi connectivity index (χ3v) is 3.31. The van der Waals surface area contributed by atoms with E-state index in [0.29, 0.717) is 0 Å². The van der Waals surface area contributed by atoms with Crippen LogP contribution in [0.5, 0.6) is 0 Å². The number of nitrogens with one attached hydrogen (secondary N) is 1. The maximum absolute atomic E-state index is 11.8. The van der Waals surface area contributed by atoms with Gasteiger partial charge in [-0.2, -0.15) is 0 Å². The van der Waals surface area contributed by atoms with Crippen molar-refractivity contribution < 1.29 is 9.63 Å². The third kappa shape index (κ3) is 4.45. The second kappa shape index (κ2) is 7.41. The van der Waals surface area contributed by atoms with Crippen LogP contribution in [-0.2, 0) is 9.63 Å². The van der Waals surface area contributed by atoms with Crippen molar-refractivity contribution in [3.63, 3.8) is 0 Å². The maximum atomic E-state index is 11.8. The van der Waals surface area contributed by atoms with Crippen LogP contribution in [0.1, 0.15) is 22.3 Å². The van der Waals surface area contributed by atoms with Crippen LogP contribution in [0.4, 0.5) is 5.69 Å². The highest BCUT2D eigenvalue weighted by Crippen LogP contribution is 2.15. The lowest BCUT2D eigenvalue weighted by Gasteiger charge is -2.08. The first-order chi connectivity index (χ1) is 10.6. The summed E-state index contributed by atoms with van der Waals surface area (Å²) in [6, 6.07) is 13.7. The molecule has 22 heavy (non-hydrogen) atoms. The fourth-order valence-corrected chi connectivity index (χ4v) is 2.06. The van der Waals surface area contributed by atoms with Gasteiger partial charge in [-0.25, -0.2) is 0 Å². The number of benzene rings is 2. The summed E-state index contributed by atoms with van der Waals surface area (Å²) in [5.74, 6) is -0.228. The monoisotopic (exact) mass is 296 g/mol. The molecule has 0 fully saturated rings. The number of aryl methyl sites for hydroxylation is 3. The van der Waals surface area contributed by atoms with Crippen LogP contribution in [-0.4, -0.2) is 18.7 Å². The summed E-state index contributed by atoms with van der Waals surface area (Å²) in [7, 11) is 0. The molecule has 0 aliphatic carbocycles. The van der Waals surface area contributed by atoms with Gasteiger partial charge in [-0.3, -0.25) is 4.79 Å². The molecule has 4 heteroatoms. The molecule has 0 heterocycles. The second-order valence-electron chi connectivity index (χ2n) is 5.23. The Morgan fingerprint density at radius 2 is 1.91 bits per heavy atom. The van der Waals surface area contributed by atoms with Gasteiger partial charge in [-0.1, -0.05) is 47.1 Å². The van der Waals surface area contributed by atoms with Gasteiger partial charge in [0.05, 0.1) is 6.21 Å². The van der Waals surface area contributed by atoms with Crippen LogP contribution in [0, 0.1) is 20.8 Å². The molecule has 2 aromatic carbocycles. The van der Waals surface area contributed by atoms with Crippen molar-refractivity contribution in [2.45, 2.75) is 20.8 Å². The van der Waals surface area contributed by atoms with Crippen molar-refractivity contribution >= 4 is 17.8 Å². The predicted molar refractivity (Wildman–Crippen MR) is 89.3 cm³/mol. The van der Waals surface area contributed by atoms with Crippen LogP contribution in [0.15, 0.2) is 47.6 Å². The number of oxime groups is 1. The molecule has 1 N–H and O–H groups in total. The minimum atomic E-state index is -0.228. The Kier molecular flexibility index (Phi) is 5.31. The molecule has 4 nitrogen and oxygen atoms in total. The molecule has 0 unspecified atom stereocenters. The smallest absolute Gasteiger partial charge is 0.265 e. The Morgan fingerprint density at radius 3 is 2.64 bits per heavy atom. The molecule has 0 aliphatic rings. The number of hydrogen-bond acceptors (Lipinski definition) is 3. The molecule has 1 amide bonds.